The Labute approximate surface area is 222 Å². The van der Waals surface area contributed by atoms with Crippen molar-refractivity contribution in [3.63, 3.8) is 0 Å². The summed E-state index contributed by atoms with van der Waals surface area (Å²) >= 11 is 0. The number of unbranched alkanes of at least 4 members (excludes halogenated alkanes) is 1. The zero-order valence-electron chi connectivity index (χ0n) is 25.4. The summed E-state index contributed by atoms with van der Waals surface area (Å²) in [6, 6.07) is 0.416. The van der Waals surface area contributed by atoms with Gasteiger partial charge in [0.1, 0.15) is 11.6 Å². The van der Waals surface area contributed by atoms with Crippen LogP contribution in [0, 0.1) is 12.8 Å². The minimum atomic E-state index is 0.0821. The topological polar surface area (TPSA) is 66.0 Å². The van der Waals surface area contributed by atoms with Crippen LogP contribution < -0.4 is 15.5 Å². The Morgan fingerprint density at radius 1 is 0.778 bits per heavy atom. The Morgan fingerprint density at radius 3 is 1.81 bits per heavy atom. The van der Waals surface area contributed by atoms with E-state index in [0.717, 1.165) is 69.1 Å². The van der Waals surface area contributed by atoms with Crippen molar-refractivity contribution >= 4 is 5.95 Å². The third kappa shape index (κ3) is 7.63. The van der Waals surface area contributed by atoms with Gasteiger partial charge in [-0.25, -0.2) is 4.98 Å². The monoisotopic (exact) mass is 500 g/mol. The number of aryl methyl sites for hydroxylation is 1. The van der Waals surface area contributed by atoms with Gasteiger partial charge in [0.25, 0.3) is 0 Å². The molecule has 36 heavy (non-hydrogen) atoms. The maximum atomic E-state index is 5.31. The molecule has 1 aromatic rings. The van der Waals surface area contributed by atoms with Gasteiger partial charge in [-0.1, -0.05) is 26.7 Å². The van der Waals surface area contributed by atoms with Gasteiger partial charge in [-0.2, -0.15) is 9.97 Å². The molecule has 2 N–H and O–H groups in total. The summed E-state index contributed by atoms with van der Waals surface area (Å²) in [5.74, 6) is 3.71. The molecule has 0 amide bonds. The van der Waals surface area contributed by atoms with Gasteiger partial charge in [0.05, 0.1) is 0 Å². The highest BCUT2D eigenvalue weighted by Crippen LogP contribution is 2.42. The van der Waals surface area contributed by atoms with Crippen molar-refractivity contribution in [2.75, 3.05) is 11.4 Å². The second-order valence-corrected chi connectivity index (χ2v) is 14.5. The van der Waals surface area contributed by atoms with Crippen LogP contribution in [0.3, 0.4) is 0 Å². The molecule has 1 unspecified atom stereocenters. The van der Waals surface area contributed by atoms with Gasteiger partial charge in [-0.15, -0.1) is 0 Å². The maximum absolute atomic E-state index is 5.31. The van der Waals surface area contributed by atoms with E-state index < -0.39 is 0 Å². The average molecular weight is 501 g/mol. The molecule has 2 aliphatic heterocycles. The number of hydrogen-bond donors (Lipinski definition) is 2. The van der Waals surface area contributed by atoms with Gasteiger partial charge in [0.2, 0.25) is 5.95 Å². The highest BCUT2D eigenvalue weighted by Gasteiger charge is 2.43. The molecule has 0 bridgehead atoms. The van der Waals surface area contributed by atoms with E-state index in [4.69, 9.17) is 15.0 Å². The molecule has 2 aliphatic rings. The van der Waals surface area contributed by atoms with Gasteiger partial charge in [-0.3, -0.25) is 0 Å². The first-order chi connectivity index (χ1) is 16.6. The lowest BCUT2D eigenvalue weighted by Crippen LogP contribution is -2.62. The quantitative estimate of drug-likeness (QED) is 0.401. The number of rotatable bonds is 9. The fraction of sp³-hybridized carbons (Fsp3) is 0.900. The summed E-state index contributed by atoms with van der Waals surface area (Å²) in [4.78, 5) is 17.8. The van der Waals surface area contributed by atoms with Crippen molar-refractivity contribution < 1.29 is 0 Å². The number of piperidine rings is 2. The summed E-state index contributed by atoms with van der Waals surface area (Å²) in [5, 5.41) is 7.72. The molecule has 0 radical (unpaired) electrons. The normalized spacial score (nSPS) is 24.4. The first-order valence-electron chi connectivity index (χ1n) is 14.6. The summed E-state index contributed by atoms with van der Waals surface area (Å²) in [7, 11) is 0. The smallest absolute Gasteiger partial charge is 0.229 e. The lowest BCUT2D eigenvalue weighted by molar-refractivity contribution is 0.108. The predicted octanol–water partition coefficient (Wildman–Crippen LogP) is 6.54. The molecule has 0 aliphatic carbocycles. The Balaban J connectivity index is 2.00. The van der Waals surface area contributed by atoms with E-state index in [-0.39, 0.29) is 22.2 Å². The summed E-state index contributed by atoms with van der Waals surface area (Å²) in [6.45, 7) is 26.4. The van der Waals surface area contributed by atoms with Crippen LogP contribution in [0.25, 0.3) is 0 Å². The van der Waals surface area contributed by atoms with E-state index >= 15 is 0 Å². The van der Waals surface area contributed by atoms with Crippen LogP contribution in [0.4, 0.5) is 5.95 Å². The third-order valence-electron chi connectivity index (χ3n) is 8.09. The lowest BCUT2D eigenvalue weighted by atomic mass is 9.69. The highest BCUT2D eigenvalue weighted by molar-refractivity contribution is 5.34. The van der Waals surface area contributed by atoms with Crippen molar-refractivity contribution in [1.82, 2.24) is 25.6 Å². The van der Waals surface area contributed by atoms with E-state index in [1.54, 1.807) is 0 Å². The van der Waals surface area contributed by atoms with E-state index in [9.17, 15) is 0 Å². The van der Waals surface area contributed by atoms with Gasteiger partial charge in [0, 0.05) is 40.7 Å². The van der Waals surface area contributed by atoms with Crippen molar-refractivity contribution in [3.05, 3.63) is 11.6 Å². The molecule has 1 aromatic heterocycles. The first kappa shape index (κ1) is 29.3. The molecule has 6 nitrogen and oxygen atoms in total. The number of nitrogens with zero attached hydrogens (tertiary/aromatic N) is 4. The summed E-state index contributed by atoms with van der Waals surface area (Å²) in [6.07, 6.45) is 9.08. The van der Waals surface area contributed by atoms with E-state index in [1.165, 1.54) is 6.42 Å². The molecular weight excluding hydrogens is 444 g/mol. The van der Waals surface area contributed by atoms with Crippen LogP contribution >= 0.6 is 0 Å². The Bertz CT molecular complexity index is 842. The highest BCUT2D eigenvalue weighted by atomic mass is 15.3. The van der Waals surface area contributed by atoms with Crippen LogP contribution in [0.5, 0.6) is 0 Å². The lowest BCUT2D eigenvalue weighted by Gasteiger charge is -2.50. The molecule has 0 spiro atoms. The minimum Gasteiger partial charge on any atom is -0.338 e. The zero-order chi connectivity index (χ0) is 26.9. The van der Waals surface area contributed by atoms with Crippen LogP contribution in [-0.2, 0) is 0 Å². The van der Waals surface area contributed by atoms with Crippen LogP contribution in [-0.4, -0.2) is 49.7 Å². The fourth-order valence-electron chi connectivity index (χ4n) is 7.62. The number of hydrogen-bond acceptors (Lipinski definition) is 6. The molecule has 6 heteroatoms. The average Bonchev–Trinajstić information content (AvgIpc) is 2.67. The van der Waals surface area contributed by atoms with Crippen LogP contribution in [0.1, 0.15) is 138 Å². The van der Waals surface area contributed by atoms with Gasteiger partial charge in [-0.05, 0) is 107 Å². The Kier molecular flexibility index (Phi) is 8.82. The zero-order valence-corrected chi connectivity index (χ0v) is 25.4. The van der Waals surface area contributed by atoms with Gasteiger partial charge >= 0.3 is 0 Å². The number of aromatic nitrogens is 3. The van der Waals surface area contributed by atoms with E-state index in [1.807, 2.05) is 0 Å². The SMILES string of the molecule is CCCCN(c1nc(C)nc(C(CCC)C2CC(C)(C)NC(C)(C)C2)n1)C1CC(C)(C)NC(C)(C)C1. The molecule has 2 saturated heterocycles. The molecule has 0 saturated carbocycles. The Morgan fingerprint density at radius 2 is 1.31 bits per heavy atom. The van der Waals surface area contributed by atoms with Crippen molar-refractivity contribution in [1.29, 1.82) is 0 Å². The molecule has 3 heterocycles. The second kappa shape index (κ2) is 10.8. The van der Waals surface area contributed by atoms with Gasteiger partial charge in [0.15, 0.2) is 0 Å². The predicted molar refractivity (Wildman–Crippen MR) is 153 cm³/mol. The van der Waals surface area contributed by atoms with Gasteiger partial charge < -0.3 is 15.5 Å². The molecular formula is C30H56N6. The third-order valence-corrected chi connectivity index (χ3v) is 8.09. The maximum Gasteiger partial charge on any atom is 0.229 e. The largest absolute Gasteiger partial charge is 0.338 e. The van der Waals surface area contributed by atoms with Crippen molar-refractivity contribution in [2.45, 2.75) is 162 Å². The Hall–Kier alpha value is -1.27. The second-order valence-electron chi connectivity index (χ2n) is 14.5. The first-order valence-corrected chi connectivity index (χ1v) is 14.6. The van der Waals surface area contributed by atoms with Crippen molar-refractivity contribution in [3.8, 4) is 0 Å². The number of anilines is 1. The summed E-state index contributed by atoms with van der Waals surface area (Å²) < 4.78 is 0. The molecule has 2 fully saturated rings. The molecule has 3 rings (SSSR count). The van der Waals surface area contributed by atoms with Crippen LogP contribution in [0.2, 0.25) is 0 Å². The van der Waals surface area contributed by atoms with E-state index in [2.05, 4.69) is 91.7 Å². The fourth-order valence-corrected chi connectivity index (χ4v) is 7.62. The summed E-state index contributed by atoms with van der Waals surface area (Å²) in [5.41, 5.74) is 0.392. The number of nitrogens with one attached hydrogen (secondary N) is 2. The van der Waals surface area contributed by atoms with Crippen LogP contribution in [0.15, 0.2) is 0 Å². The van der Waals surface area contributed by atoms with E-state index in [0.29, 0.717) is 17.9 Å². The molecule has 1 atom stereocenters. The van der Waals surface area contributed by atoms with Crippen molar-refractivity contribution in [2.24, 2.45) is 5.92 Å². The standard InChI is InChI=1S/C30H56N6/c1-12-14-16-36(23-19-29(8,9)35-30(10,11)20-23)26-32-21(3)31-25(33-26)24(15-13-2)22-17-27(4,5)34-28(6,7)18-22/h22-24,34-35H,12-20H2,1-11H3. The molecule has 0 aromatic carbocycles. The molecule has 206 valence electrons. The minimum absolute atomic E-state index is 0.0821.